The molecule has 1 fully saturated rings. The third-order valence-corrected chi connectivity index (χ3v) is 3.97. The number of H-pyrrole nitrogens is 1. The van der Waals surface area contributed by atoms with E-state index in [1.807, 2.05) is 13.0 Å². The molecule has 0 atom stereocenters. The molecular weight excluding hydrogens is 236 g/mol. The molecule has 0 amide bonds. The molecule has 100 valence electrons. The summed E-state index contributed by atoms with van der Waals surface area (Å²) in [5, 5.41) is 1.13. The van der Waals surface area contributed by atoms with E-state index in [0.29, 0.717) is 0 Å². The van der Waals surface area contributed by atoms with Crippen LogP contribution >= 0.6 is 0 Å². The Kier molecular flexibility index (Phi) is 3.38. The molecule has 1 N–H and O–H groups in total. The van der Waals surface area contributed by atoms with Gasteiger partial charge in [0.1, 0.15) is 0 Å². The molecule has 2 heterocycles. The molecule has 0 bridgehead atoms. The number of aromatic amines is 1. The van der Waals surface area contributed by atoms with Crippen LogP contribution in [0.15, 0.2) is 29.1 Å². The fourth-order valence-electron chi connectivity index (χ4n) is 2.85. The van der Waals surface area contributed by atoms with E-state index < -0.39 is 0 Å². The van der Waals surface area contributed by atoms with Gasteiger partial charge in [0.25, 0.3) is 5.56 Å². The van der Waals surface area contributed by atoms with Gasteiger partial charge in [-0.2, -0.15) is 0 Å². The fraction of sp³-hybridized carbons (Fsp3) is 0.438. The van der Waals surface area contributed by atoms with Crippen molar-refractivity contribution in [3.8, 4) is 0 Å². The summed E-state index contributed by atoms with van der Waals surface area (Å²) >= 11 is 0. The van der Waals surface area contributed by atoms with Gasteiger partial charge in [-0.3, -0.25) is 9.69 Å². The van der Waals surface area contributed by atoms with Crippen LogP contribution in [0.1, 0.15) is 30.9 Å². The second kappa shape index (κ2) is 5.17. The molecule has 2 aromatic rings. The number of pyridine rings is 1. The first kappa shape index (κ1) is 12.4. The molecule has 1 aromatic heterocycles. The van der Waals surface area contributed by atoms with Crippen molar-refractivity contribution in [1.29, 1.82) is 0 Å². The van der Waals surface area contributed by atoms with Gasteiger partial charge in [0, 0.05) is 17.6 Å². The molecule has 1 saturated heterocycles. The molecule has 0 saturated carbocycles. The summed E-state index contributed by atoms with van der Waals surface area (Å²) < 4.78 is 0. The van der Waals surface area contributed by atoms with Gasteiger partial charge in [-0.15, -0.1) is 0 Å². The van der Waals surface area contributed by atoms with Gasteiger partial charge >= 0.3 is 0 Å². The van der Waals surface area contributed by atoms with E-state index in [-0.39, 0.29) is 5.56 Å². The van der Waals surface area contributed by atoms with Crippen LogP contribution < -0.4 is 5.56 Å². The molecule has 0 spiro atoms. The van der Waals surface area contributed by atoms with Gasteiger partial charge in [0.2, 0.25) is 0 Å². The average molecular weight is 256 g/mol. The number of aromatic nitrogens is 1. The molecule has 3 heteroatoms. The number of nitrogens with zero attached hydrogens (tertiary/aromatic N) is 1. The van der Waals surface area contributed by atoms with Crippen molar-refractivity contribution < 1.29 is 0 Å². The minimum Gasteiger partial charge on any atom is -0.322 e. The van der Waals surface area contributed by atoms with Crippen LogP contribution in [0.25, 0.3) is 10.9 Å². The van der Waals surface area contributed by atoms with Crippen molar-refractivity contribution in [2.45, 2.75) is 32.7 Å². The van der Waals surface area contributed by atoms with Gasteiger partial charge in [0.05, 0.1) is 0 Å². The number of benzene rings is 1. The highest BCUT2D eigenvalue weighted by atomic mass is 16.1. The van der Waals surface area contributed by atoms with Gasteiger partial charge in [-0.1, -0.05) is 19.1 Å². The maximum atomic E-state index is 11.9. The van der Waals surface area contributed by atoms with E-state index in [9.17, 15) is 4.79 Å². The molecule has 19 heavy (non-hydrogen) atoms. The number of hydrogen-bond acceptors (Lipinski definition) is 2. The molecular formula is C16H20N2O. The molecule has 1 aliphatic rings. The zero-order valence-corrected chi connectivity index (χ0v) is 11.4. The van der Waals surface area contributed by atoms with Crippen molar-refractivity contribution in [3.05, 3.63) is 45.7 Å². The van der Waals surface area contributed by atoms with Crippen LogP contribution in [0.5, 0.6) is 0 Å². The number of fused-ring (bicyclic) bond motifs is 1. The zero-order chi connectivity index (χ0) is 13.2. The minimum atomic E-state index is 0.0494. The third-order valence-electron chi connectivity index (χ3n) is 3.97. The standard InChI is InChI=1S/C16H20N2O/c1-2-13-10-14-6-5-12(9-15(14)17-16(13)19)11-18-7-3-4-8-18/h5-6,9-10H,2-4,7-8,11H2,1H3,(H,17,19). The third kappa shape index (κ3) is 2.56. The summed E-state index contributed by atoms with van der Waals surface area (Å²) in [6.45, 7) is 5.40. The highest BCUT2D eigenvalue weighted by Gasteiger charge is 2.12. The smallest absolute Gasteiger partial charge is 0.251 e. The van der Waals surface area contributed by atoms with Gasteiger partial charge in [-0.05, 0) is 55.4 Å². The molecule has 0 aliphatic carbocycles. The van der Waals surface area contributed by atoms with Crippen LogP contribution in [-0.2, 0) is 13.0 Å². The molecule has 1 aromatic carbocycles. The summed E-state index contributed by atoms with van der Waals surface area (Å²) in [7, 11) is 0. The average Bonchev–Trinajstić information content (AvgIpc) is 2.90. The first-order valence-electron chi connectivity index (χ1n) is 7.13. The van der Waals surface area contributed by atoms with Crippen molar-refractivity contribution in [1.82, 2.24) is 9.88 Å². The van der Waals surface area contributed by atoms with Crippen molar-refractivity contribution in [2.24, 2.45) is 0 Å². The summed E-state index contributed by atoms with van der Waals surface area (Å²) in [6.07, 6.45) is 3.40. The number of hydrogen-bond donors (Lipinski definition) is 1. The zero-order valence-electron chi connectivity index (χ0n) is 11.4. The predicted octanol–water partition coefficient (Wildman–Crippen LogP) is 2.69. The Morgan fingerprint density at radius 2 is 2.00 bits per heavy atom. The lowest BCUT2D eigenvalue weighted by Gasteiger charge is -2.14. The summed E-state index contributed by atoms with van der Waals surface area (Å²) in [5.74, 6) is 0. The van der Waals surface area contributed by atoms with Crippen LogP contribution in [0.3, 0.4) is 0 Å². The highest BCUT2D eigenvalue weighted by Crippen LogP contribution is 2.17. The predicted molar refractivity (Wildman–Crippen MR) is 78.5 cm³/mol. The highest BCUT2D eigenvalue weighted by molar-refractivity contribution is 5.79. The Bertz CT molecular complexity index is 639. The number of rotatable bonds is 3. The van der Waals surface area contributed by atoms with Gasteiger partial charge in [-0.25, -0.2) is 0 Å². The molecule has 0 unspecified atom stereocenters. The fourth-order valence-corrected chi connectivity index (χ4v) is 2.85. The maximum absolute atomic E-state index is 11.9. The molecule has 0 radical (unpaired) electrons. The monoisotopic (exact) mass is 256 g/mol. The van der Waals surface area contributed by atoms with Crippen LogP contribution in [-0.4, -0.2) is 23.0 Å². The lowest BCUT2D eigenvalue weighted by molar-refractivity contribution is 0.331. The van der Waals surface area contributed by atoms with Crippen LogP contribution in [0, 0.1) is 0 Å². The van der Waals surface area contributed by atoms with Gasteiger partial charge < -0.3 is 4.98 Å². The lowest BCUT2D eigenvalue weighted by atomic mass is 10.1. The van der Waals surface area contributed by atoms with E-state index in [4.69, 9.17) is 0 Å². The second-order valence-corrected chi connectivity index (χ2v) is 5.38. The Balaban J connectivity index is 1.93. The Morgan fingerprint density at radius 1 is 1.21 bits per heavy atom. The quantitative estimate of drug-likeness (QED) is 0.916. The first-order chi connectivity index (χ1) is 9.26. The van der Waals surface area contributed by atoms with Crippen molar-refractivity contribution in [2.75, 3.05) is 13.1 Å². The summed E-state index contributed by atoms with van der Waals surface area (Å²) in [6, 6.07) is 8.43. The molecule has 3 rings (SSSR count). The minimum absolute atomic E-state index is 0.0494. The lowest BCUT2D eigenvalue weighted by Crippen LogP contribution is -2.18. The van der Waals surface area contributed by atoms with E-state index in [1.54, 1.807) is 0 Å². The van der Waals surface area contributed by atoms with E-state index in [0.717, 1.165) is 29.4 Å². The van der Waals surface area contributed by atoms with E-state index in [1.165, 1.54) is 31.5 Å². The normalized spacial score (nSPS) is 16.3. The number of likely N-dealkylation sites (tertiary alicyclic amines) is 1. The van der Waals surface area contributed by atoms with Crippen molar-refractivity contribution in [3.63, 3.8) is 0 Å². The Labute approximate surface area is 113 Å². The second-order valence-electron chi connectivity index (χ2n) is 5.38. The van der Waals surface area contributed by atoms with Crippen molar-refractivity contribution >= 4 is 10.9 Å². The Morgan fingerprint density at radius 3 is 2.74 bits per heavy atom. The number of nitrogens with one attached hydrogen (secondary N) is 1. The topological polar surface area (TPSA) is 36.1 Å². The van der Waals surface area contributed by atoms with E-state index in [2.05, 4.69) is 28.1 Å². The maximum Gasteiger partial charge on any atom is 0.251 e. The summed E-state index contributed by atoms with van der Waals surface area (Å²) in [4.78, 5) is 17.3. The molecule has 1 aliphatic heterocycles. The summed E-state index contributed by atoms with van der Waals surface area (Å²) in [5.41, 5.74) is 3.15. The largest absolute Gasteiger partial charge is 0.322 e. The van der Waals surface area contributed by atoms with Crippen LogP contribution in [0.4, 0.5) is 0 Å². The first-order valence-corrected chi connectivity index (χ1v) is 7.13. The SMILES string of the molecule is CCc1cc2ccc(CN3CCCC3)cc2[nH]c1=O. The van der Waals surface area contributed by atoms with Gasteiger partial charge in [0.15, 0.2) is 0 Å². The van der Waals surface area contributed by atoms with Crippen LogP contribution in [0.2, 0.25) is 0 Å². The Hall–Kier alpha value is -1.61. The molecule has 3 nitrogen and oxygen atoms in total. The van der Waals surface area contributed by atoms with E-state index >= 15 is 0 Å². The number of aryl methyl sites for hydroxylation is 1.